The Labute approximate surface area is 157 Å². The molecular formula is C19H22N6O2. The largest absolute Gasteiger partial charge is 0.398 e. The molecule has 3 aromatic rings. The van der Waals surface area contributed by atoms with Crippen molar-refractivity contribution in [2.45, 2.75) is 6.92 Å². The molecule has 0 fully saturated rings. The predicted octanol–water partition coefficient (Wildman–Crippen LogP) is 2.31. The maximum absolute atomic E-state index is 11.1. The molecule has 8 nitrogen and oxygen atoms in total. The Morgan fingerprint density at radius 1 is 1.15 bits per heavy atom. The number of carbonyl (C=O) groups is 2. The van der Waals surface area contributed by atoms with Crippen LogP contribution in [0.25, 0.3) is 16.8 Å². The molecule has 8 heteroatoms. The maximum Gasteiger partial charge on any atom is 0.316 e. The summed E-state index contributed by atoms with van der Waals surface area (Å²) in [6.45, 7) is 1.95. The Bertz CT molecular complexity index is 965. The van der Waals surface area contributed by atoms with Crippen molar-refractivity contribution in [1.29, 1.82) is 0 Å². The topological polar surface area (TPSA) is 142 Å². The van der Waals surface area contributed by atoms with Crippen LogP contribution in [0.2, 0.25) is 0 Å². The summed E-state index contributed by atoms with van der Waals surface area (Å²) in [5, 5.41) is 6.55. The van der Waals surface area contributed by atoms with E-state index in [4.69, 9.17) is 11.5 Å². The molecule has 0 aliphatic heterocycles. The van der Waals surface area contributed by atoms with Crippen LogP contribution < -0.4 is 22.5 Å². The van der Waals surface area contributed by atoms with Crippen LogP contribution in [0.15, 0.2) is 48.7 Å². The first-order valence-corrected chi connectivity index (χ1v) is 8.14. The summed E-state index contributed by atoms with van der Waals surface area (Å²) in [5.74, 6) is 0. The zero-order valence-corrected chi connectivity index (χ0v) is 15.1. The zero-order valence-electron chi connectivity index (χ0n) is 15.1. The molecule has 0 atom stereocenters. The quantitative estimate of drug-likeness (QED) is 0.414. The van der Waals surface area contributed by atoms with E-state index < -0.39 is 6.03 Å². The average molecular weight is 366 g/mol. The monoisotopic (exact) mass is 366 g/mol. The number of carbonyl (C=O) groups excluding carboxylic acids is 2. The van der Waals surface area contributed by atoms with Crippen LogP contribution >= 0.6 is 0 Å². The minimum atomic E-state index is -0.758. The van der Waals surface area contributed by atoms with E-state index in [9.17, 15) is 9.59 Å². The van der Waals surface area contributed by atoms with E-state index in [1.807, 2.05) is 49.4 Å². The van der Waals surface area contributed by atoms with E-state index in [0.29, 0.717) is 6.29 Å². The summed E-state index contributed by atoms with van der Waals surface area (Å²) in [6.07, 6.45) is 2.10. The van der Waals surface area contributed by atoms with Gasteiger partial charge in [0.1, 0.15) is 5.69 Å². The summed E-state index contributed by atoms with van der Waals surface area (Å²) < 4.78 is 1.51. The van der Waals surface area contributed by atoms with Gasteiger partial charge in [0.25, 0.3) is 0 Å². The lowest BCUT2D eigenvalue weighted by Crippen LogP contribution is -2.19. The molecule has 0 unspecified atom stereocenters. The van der Waals surface area contributed by atoms with Gasteiger partial charge in [0.05, 0.1) is 17.6 Å². The van der Waals surface area contributed by atoms with Gasteiger partial charge < -0.3 is 22.5 Å². The third-order valence-electron chi connectivity index (χ3n) is 3.84. The summed E-state index contributed by atoms with van der Waals surface area (Å²) in [5.41, 5.74) is 20.4. The molecule has 7 N–H and O–H groups in total. The lowest BCUT2D eigenvalue weighted by molar-refractivity contribution is 0.111. The van der Waals surface area contributed by atoms with Crippen molar-refractivity contribution in [1.82, 2.24) is 9.78 Å². The molecule has 3 rings (SSSR count). The summed E-state index contributed by atoms with van der Waals surface area (Å²) in [4.78, 5) is 22.2. The molecule has 0 aliphatic rings. The van der Waals surface area contributed by atoms with Crippen molar-refractivity contribution < 1.29 is 9.59 Å². The molecular weight excluding hydrogens is 344 g/mol. The first-order valence-electron chi connectivity index (χ1n) is 8.14. The molecule has 2 aromatic carbocycles. The summed E-state index contributed by atoms with van der Waals surface area (Å²) >= 11 is 0. The van der Waals surface area contributed by atoms with Gasteiger partial charge in [-0.3, -0.25) is 4.79 Å². The van der Waals surface area contributed by atoms with E-state index in [-0.39, 0.29) is 11.4 Å². The first kappa shape index (κ1) is 19.7. The number of amides is 2. The molecule has 2 amide bonds. The smallest absolute Gasteiger partial charge is 0.316 e. The molecule has 140 valence electrons. The minimum absolute atomic E-state index is 0.101. The molecule has 0 bridgehead atoms. The number of primary amides is 1. The van der Waals surface area contributed by atoms with E-state index >= 15 is 0 Å². The molecule has 0 saturated heterocycles. The third kappa shape index (κ3) is 4.50. The standard InChI is InChI=1S/C18H17N5O2.CH5N/c1-11-5-6-13(8-15(11)19)12-3-2-4-14(7-12)23-9-16(21-18(20)25)17(10-24)22-23;1-2/h2-10H,19H2,1H3,(H3,20,21,25);2H2,1H3. The number of anilines is 2. The molecule has 1 aromatic heterocycles. The molecule has 0 saturated carbocycles. The van der Waals surface area contributed by atoms with Gasteiger partial charge in [0.15, 0.2) is 6.29 Å². The number of aryl methyl sites for hydroxylation is 1. The third-order valence-corrected chi connectivity index (χ3v) is 3.84. The Balaban J connectivity index is 0.00000126. The zero-order chi connectivity index (χ0) is 20.0. The van der Waals surface area contributed by atoms with Gasteiger partial charge in [-0.25, -0.2) is 9.48 Å². The van der Waals surface area contributed by atoms with E-state index in [0.717, 1.165) is 28.1 Å². The number of hydrogen-bond donors (Lipinski definition) is 4. The van der Waals surface area contributed by atoms with Gasteiger partial charge in [-0.2, -0.15) is 5.10 Å². The van der Waals surface area contributed by atoms with Crippen molar-refractivity contribution in [2.75, 3.05) is 18.1 Å². The molecule has 0 radical (unpaired) electrons. The Hall–Kier alpha value is -3.65. The number of rotatable bonds is 4. The van der Waals surface area contributed by atoms with Crippen molar-refractivity contribution in [3.8, 4) is 16.8 Å². The highest BCUT2D eigenvalue weighted by molar-refractivity contribution is 5.93. The van der Waals surface area contributed by atoms with Gasteiger partial charge in [-0.1, -0.05) is 24.3 Å². The van der Waals surface area contributed by atoms with Gasteiger partial charge in [-0.05, 0) is 48.9 Å². The van der Waals surface area contributed by atoms with Gasteiger partial charge in [0, 0.05) is 5.69 Å². The number of benzene rings is 2. The summed E-state index contributed by atoms with van der Waals surface area (Å²) in [7, 11) is 1.50. The number of hydrogen-bond acceptors (Lipinski definition) is 5. The van der Waals surface area contributed by atoms with Crippen LogP contribution in [0.1, 0.15) is 16.1 Å². The van der Waals surface area contributed by atoms with Crippen LogP contribution in [-0.2, 0) is 0 Å². The molecule has 0 spiro atoms. The van der Waals surface area contributed by atoms with Crippen LogP contribution in [-0.4, -0.2) is 29.1 Å². The number of aldehydes is 1. The minimum Gasteiger partial charge on any atom is -0.398 e. The first-order chi connectivity index (χ1) is 13.0. The van der Waals surface area contributed by atoms with E-state index in [2.05, 4.69) is 16.1 Å². The lowest BCUT2D eigenvalue weighted by Gasteiger charge is -2.08. The van der Waals surface area contributed by atoms with Crippen LogP contribution in [0, 0.1) is 6.92 Å². The second kappa shape index (κ2) is 8.63. The molecule has 0 aliphatic carbocycles. The highest BCUT2D eigenvalue weighted by Crippen LogP contribution is 2.26. The lowest BCUT2D eigenvalue weighted by atomic mass is 10.0. The molecule has 27 heavy (non-hydrogen) atoms. The Kier molecular flexibility index (Phi) is 6.29. The number of nitrogens with zero attached hydrogens (tertiary/aromatic N) is 2. The number of nitrogens with two attached hydrogens (primary N) is 3. The van der Waals surface area contributed by atoms with Crippen LogP contribution in [0.5, 0.6) is 0 Å². The normalized spacial score (nSPS) is 9.89. The number of urea groups is 1. The maximum atomic E-state index is 11.1. The fourth-order valence-corrected chi connectivity index (χ4v) is 2.48. The number of aromatic nitrogens is 2. The highest BCUT2D eigenvalue weighted by atomic mass is 16.2. The fourth-order valence-electron chi connectivity index (χ4n) is 2.48. The van der Waals surface area contributed by atoms with Gasteiger partial charge in [-0.15, -0.1) is 0 Å². The van der Waals surface area contributed by atoms with Crippen LogP contribution in [0.3, 0.4) is 0 Å². The number of nitrogen functional groups attached to an aromatic ring is 1. The SMILES string of the molecule is CN.Cc1ccc(-c2cccc(-n3cc(NC(N)=O)c(C=O)n3)c2)cc1N. The van der Waals surface area contributed by atoms with Crippen molar-refractivity contribution >= 4 is 23.7 Å². The Morgan fingerprint density at radius 2 is 1.85 bits per heavy atom. The van der Waals surface area contributed by atoms with E-state index in [1.165, 1.54) is 17.9 Å². The second-order valence-electron chi connectivity index (χ2n) is 5.60. The van der Waals surface area contributed by atoms with Crippen molar-refractivity contribution in [2.24, 2.45) is 11.5 Å². The van der Waals surface area contributed by atoms with E-state index in [1.54, 1.807) is 0 Å². The van der Waals surface area contributed by atoms with Gasteiger partial charge >= 0.3 is 6.03 Å². The second-order valence-corrected chi connectivity index (χ2v) is 5.60. The van der Waals surface area contributed by atoms with Gasteiger partial charge in [0.2, 0.25) is 0 Å². The summed E-state index contributed by atoms with van der Waals surface area (Å²) in [6, 6.07) is 12.7. The number of nitrogens with one attached hydrogen (secondary N) is 1. The fraction of sp³-hybridized carbons (Fsp3) is 0.105. The predicted molar refractivity (Wildman–Crippen MR) is 107 cm³/mol. The van der Waals surface area contributed by atoms with Crippen molar-refractivity contribution in [3.63, 3.8) is 0 Å². The van der Waals surface area contributed by atoms with Crippen LogP contribution in [0.4, 0.5) is 16.2 Å². The van der Waals surface area contributed by atoms with Crippen molar-refractivity contribution in [3.05, 3.63) is 59.9 Å². The highest BCUT2D eigenvalue weighted by Gasteiger charge is 2.11. The average Bonchev–Trinajstić information content (AvgIpc) is 3.08. The Morgan fingerprint density at radius 3 is 2.48 bits per heavy atom. The molecule has 1 heterocycles.